The maximum atomic E-state index is 5.58. The molecule has 2 aliphatic heterocycles. The molecule has 2 nitrogen and oxygen atoms in total. The molecule has 0 aromatic carbocycles. The molecular formula is C10H19NO. The summed E-state index contributed by atoms with van der Waals surface area (Å²) in [6, 6.07) is 0.701. The predicted octanol–water partition coefficient (Wildman–Crippen LogP) is 1.51. The van der Waals surface area contributed by atoms with Crippen LogP contribution in [0.4, 0.5) is 0 Å². The van der Waals surface area contributed by atoms with E-state index >= 15 is 0 Å². The van der Waals surface area contributed by atoms with Crippen LogP contribution < -0.4 is 0 Å². The van der Waals surface area contributed by atoms with Crippen molar-refractivity contribution < 1.29 is 4.74 Å². The number of hydrogen-bond donors (Lipinski definition) is 0. The lowest BCUT2D eigenvalue weighted by Gasteiger charge is -2.65. The zero-order valence-corrected chi connectivity index (χ0v) is 8.55. The van der Waals surface area contributed by atoms with Gasteiger partial charge in [-0.15, -0.1) is 0 Å². The highest BCUT2D eigenvalue weighted by molar-refractivity contribution is 5.11. The Morgan fingerprint density at radius 2 is 1.83 bits per heavy atom. The van der Waals surface area contributed by atoms with Crippen molar-refractivity contribution >= 4 is 0 Å². The molecular weight excluding hydrogens is 150 g/mol. The van der Waals surface area contributed by atoms with E-state index in [-0.39, 0.29) is 5.60 Å². The summed E-state index contributed by atoms with van der Waals surface area (Å²) in [5, 5.41) is 0. The zero-order chi connectivity index (χ0) is 8.98. The van der Waals surface area contributed by atoms with Gasteiger partial charge in [-0.05, 0) is 27.7 Å². The van der Waals surface area contributed by atoms with Crippen molar-refractivity contribution in [2.24, 2.45) is 5.41 Å². The number of nitrogens with zero attached hydrogens (tertiary/aromatic N) is 1. The second-order valence-electron chi connectivity index (χ2n) is 5.08. The molecule has 1 spiro atoms. The highest BCUT2D eigenvalue weighted by Gasteiger charge is 2.61. The van der Waals surface area contributed by atoms with Gasteiger partial charge in [-0.1, -0.05) is 0 Å². The van der Waals surface area contributed by atoms with Crippen LogP contribution in [0.25, 0.3) is 0 Å². The summed E-state index contributed by atoms with van der Waals surface area (Å²) in [6.45, 7) is 12.4. The molecule has 0 N–H and O–H groups in total. The van der Waals surface area contributed by atoms with Crippen LogP contribution in [-0.2, 0) is 4.74 Å². The molecule has 0 aliphatic carbocycles. The summed E-state index contributed by atoms with van der Waals surface area (Å²) in [7, 11) is 0. The van der Waals surface area contributed by atoms with Crippen LogP contribution in [0.15, 0.2) is 0 Å². The number of rotatable bonds is 1. The largest absolute Gasteiger partial charge is 0.374 e. The van der Waals surface area contributed by atoms with E-state index in [4.69, 9.17) is 4.74 Å². The van der Waals surface area contributed by atoms with Gasteiger partial charge in [0.05, 0.1) is 12.2 Å². The van der Waals surface area contributed by atoms with Crippen LogP contribution in [0, 0.1) is 5.41 Å². The molecule has 2 rings (SSSR count). The fourth-order valence-electron chi connectivity index (χ4n) is 2.13. The second-order valence-corrected chi connectivity index (χ2v) is 5.08. The lowest BCUT2D eigenvalue weighted by atomic mass is 9.64. The number of ether oxygens (including phenoxy) is 1. The quantitative estimate of drug-likeness (QED) is 0.590. The molecule has 0 aromatic heterocycles. The minimum Gasteiger partial charge on any atom is -0.374 e. The summed E-state index contributed by atoms with van der Waals surface area (Å²) in [6.07, 6.45) is 0. The van der Waals surface area contributed by atoms with Crippen LogP contribution in [0.5, 0.6) is 0 Å². The van der Waals surface area contributed by atoms with Gasteiger partial charge in [0.1, 0.15) is 0 Å². The van der Waals surface area contributed by atoms with E-state index in [1.165, 1.54) is 13.1 Å². The van der Waals surface area contributed by atoms with Crippen molar-refractivity contribution in [2.45, 2.75) is 39.3 Å². The van der Waals surface area contributed by atoms with Crippen LogP contribution in [0.3, 0.4) is 0 Å². The van der Waals surface area contributed by atoms with Crippen LogP contribution in [-0.4, -0.2) is 36.2 Å². The molecule has 2 heterocycles. The van der Waals surface area contributed by atoms with Gasteiger partial charge in [-0.3, -0.25) is 4.90 Å². The van der Waals surface area contributed by atoms with E-state index in [0.29, 0.717) is 11.5 Å². The third-order valence-electron chi connectivity index (χ3n) is 3.73. The highest BCUT2D eigenvalue weighted by atomic mass is 16.5. The molecule has 0 saturated carbocycles. The SMILES string of the molecule is CC(C)N1CC2(COC2(C)C)C1. The van der Waals surface area contributed by atoms with Crippen molar-refractivity contribution in [3.05, 3.63) is 0 Å². The predicted molar refractivity (Wildman–Crippen MR) is 49.2 cm³/mol. The number of likely N-dealkylation sites (tertiary alicyclic amines) is 1. The van der Waals surface area contributed by atoms with E-state index in [2.05, 4.69) is 32.6 Å². The molecule has 0 bridgehead atoms. The standard InChI is InChI=1S/C10H19NO/c1-8(2)11-5-10(6-11)7-12-9(10,3)4/h8H,5-7H2,1-4H3. The van der Waals surface area contributed by atoms with Gasteiger partial charge in [-0.25, -0.2) is 0 Å². The molecule has 0 aromatic rings. The molecule has 2 heteroatoms. The summed E-state index contributed by atoms with van der Waals surface area (Å²) in [5.74, 6) is 0. The van der Waals surface area contributed by atoms with Crippen molar-refractivity contribution in [2.75, 3.05) is 19.7 Å². The highest BCUT2D eigenvalue weighted by Crippen LogP contribution is 2.51. The Hall–Kier alpha value is -0.0800. The molecule has 0 atom stereocenters. The Balaban J connectivity index is 1.95. The van der Waals surface area contributed by atoms with Crippen molar-refractivity contribution in [1.29, 1.82) is 0 Å². The third kappa shape index (κ3) is 0.882. The Morgan fingerprint density at radius 1 is 1.25 bits per heavy atom. The Kier molecular flexibility index (Phi) is 1.59. The fraction of sp³-hybridized carbons (Fsp3) is 1.00. The molecule has 0 radical (unpaired) electrons. The molecule has 12 heavy (non-hydrogen) atoms. The maximum absolute atomic E-state index is 5.58. The summed E-state index contributed by atoms with van der Waals surface area (Å²) < 4.78 is 5.58. The van der Waals surface area contributed by atoms with Crippen LogP contribution in [0.2, 0.25) is 0 Å². The van der Waals surface area contributed by atoms with E-state index in [1.807, 2.05) is 0 Å². The fourth-order valence-corrected chi connectivity index (χ4v) is 2.13. The minimum absolute atomic E-state index is 0.137. The first-order valence-electron chi connectivity index (χ1n) is 4.85. The van der Waals surface area contributed by atoms with Gasteiger partial charge < -0.3 is 4.74 Å². The smallest absolute Gasteiger partial charge is 0.0729 e. The minimum atomic E-state index is 0.137. The Bertz CT molecular complexity index is 192. The Labute approximate surface area is 74.9 Å². The summed E-state index contributed by atoms with van der Waals surface area (Å²) in [4.78, 5) is 2.52. The third-order valence-corrected chi connectivity index (χ3v) is 3.73. The van der Waals surface area contributed by atoms with E-state index in [0.717, 1.165) is 6.61 Å². The molecule has 2 saturated heterocycles. The Morgan fingerprint density at radius 3 is 2.08 bits per heavy atom. The molecule has 0 amide bonds. The van der Waals surface area contributed by atoms with Crippen LogP contribution >= 0.6 is 0 Å². The van der Waals surface area contributed by atoms with Gasteiger partial charge in [0.2, 0.25) is 0 Å². The van der Waals surface area contributed by atoms with Gasteiger partial charge in [-0.2, -0.15) is 0 Å². The van der Waals surface area contributed by atoms with E-state index in [9.17, 15) is 0 Å². The monoisotopic (exact) mass is 169 g/mol. The van der Waals surface area contributed by atoms with Crippen LogP contribution in [0.1, 0.15) is 27.7 Å². The average Bonchev–Trinajstić information content (AvgIpc) is 1.81. The van der Waals surface area contributed by atoms with Crippen molar-refractivity contribution in [3.63, 3.8) is 0 Å². The first-order chi connectivity index (χ1) is 5.47. The lowest BCUT2D eigenvalue weighted by Crippen LogP contribution is -2.75. The maximum Gasteiger partial charge on any atom is 0.0729 e. The lowest BCUT2D eigenvalue weighted by molar-refractivity contribution is -0.300. The van der Waals surface area contributed by atoms with E-state index in [1.54, 1.807) is 0 Å². The summed E-state index contributed by atoms with van der Waals surface area (Å²) >= 11 is 0. The van der Waals surface area contributed by atoms with E-state index < -0.39 is 0 Å². The topological polar surface area (TPSA) is 12.5 Å². The van der Waals surface area contributed by atoms with Gasteiger partial charge in [0, 0.05) is 24.5 Å². The molecule has 0 unspecified atom stereocenters. The van der Waals surface area contributed by atoms with Crippen molar-refractivity contribution in [1.82, 2.24) is 4.90 Å². The molecule has 2 aliphatic rings. The van der Waals surface area contributed by atoms with Gasteiger partial charge >= 0.3 is 0 Å². The first-order valence-corrected chi connectivity index (χ1v) is 4.85. The molecule has 2 fully saturated rings. The first kappa shape index (κ1) is 8.52. The summed E-state index contributed by atoms with van der Waals surface area (Å²) in [5.41, 5.74) is 0.635. The van der Waals surface area contributed by atoms with Gasteiger partial charge in [0.25, 0.3) is 0 Å². The van der Waals surface area contributed by atoms with Crippen molar-refractivity contribution in [3.8, 4) is 0 Å². The zero-order valence-electron chi connectivity index (χ0n) is 8.55. The number of hydrogen-bond acceptors (Lipinski definition) is 2. The van der Waals surface area contributed by atoms with Gasteiger partial charge in [0.15, 0.2) is 0 Å². The average molecular weight is 169 g/mol. The normalized spacial score (nSPS) is 31.8. The molecule has 70 valence electrons. The second kappa shape index (κ2) is 2.24.